The monoisotopic (exact) mass is 169 g/mol. The van der Waals surface area contributed by atoms with Crippen molar-refractivity contribution in [3.8, 4) is 0 Å². The SMILES string of the molecule is CCC(C)CCC1CCCCN1. The van der Waals surface area contributed by atoms with Crippen LogP contribution in [0.4, 0.5) is 0 Å². The van der Waals surface area contributed by atoms with Crippen molar-refractivity contribution in [2.45, 2.75) is 58.4 Å². The molecule has 1 fully saturated rings. The molecule has 72 valence electrons. The predicted molar refractivity (Wildman–Crippen MR) is 54.3 cm³/mol. The molecule has 1 heterocycles. The third-order valence-corrected chi connectivity index (χ3v) is 3.12. The van der Waals surface area contributed by atoms with Crippen LogP contribution in [-0.4, -0.2) is 12.6 Å². The summed E-state index contributed by atoms with van der Waals surface area (Å²) in [5.41, 5.74) is 0. The maximum Gasteiger partial charge on any atom is 0.00671 e. The van der Waals surface area contributed by atoms with E-state index in [-0.39, 0.29) is 0 Å². The molecule has 1 saturated heterocycles. The lowest BCUT2D eigenvalue weighted by atomic mass is 9.95. The van der Waals surface area contributed by atoms with Gasteiger partial charge in [0.2, 0.25) is 0 Å². The van der Waals surface area contributed by atoms with Crippen molar-refractivity contribution in [2.75, 3.05) is 6.54 Å². The highest BCUT2D eigenvalue weighted by Gasteiger charge is 2.12. The summed E-state index contributed by atoms with van der Waals surface area (Å²) >= 11 is 0. The van der Waals surface area contributed by atoms with Gasteiger partial charge in [0, 0.05) is 6.04 Å². The van der Waals surface area contributed by atoms with Crippen molar-refractivity contribution < 1.29 is 0 Å². The van der Waals surface area contributed by atoms with E-state index in [4.69, 9.17) is 0 Å². The van der Waals surface area contributed by atoms with Gasteiger partial charge in [-0.25, -0.2) is 0 Å². The fourth-order valence-electron chi connectivity index (χ4n) is 1.86. The van der Waals surface area contributed by atoms with Crippen LogP contribution in [0.1, 0.15) is 52.4 Å². The molecule has 1 heteroatoms. The van der Waals surface area contributed by atoms with Gasteiger partial charge in [-0.3, -0.25) is 0 Å². The average molecular weight is 169 g/mol. The Bertz CT molecular complexity index is 106. The summed E-state index contributed by atoms with van der Waals surface area (Å²) in [5.74, 6) is 0.925. The summed E-state index contributed by atoms with van der Waals surface area (Å²) in [6.07, 6.45) is 8.39. The number of nitrogens with one attached hydrogen (secondary N) is 1. The van der Waals surface area contributed by atoms with Crippen molar-refractivity contribution in [3.63, 3.8) is 0 Å². The van der Waals surface area contributed by atoms with Crippen LogP contribution in [0.25, 0.3) is 0 Å². The molecule has 1 aliphatic rings. The Balaban J connectivity index is 2.05. The smallest absolute Gasteiger partial charge is 0.00671 e. The lowest BCUT2D eigenvalue weighted by molar-refractivity contribution is 0.350. The van der Waals surface area contributed by atoms with Crippen LogP contribution >= 0.6 is 0 Å². The lowest BCUT2D eigenvalue weighted by Crippen LogP contribution is -2.34. The molecule has 2 unspecified atom stereocenters. The maximum atomic E-state index is 3.60. The number of rotatable bonds is 4. The van der Waals surface area contributed by atoms with Crippen molar-refractivity contribution in [3.05, 3.63) is 0 Å². The summed E-state index contributed by atoms with van der Waals surface area (Å²) in [4.78, 5) is 0. The maximum absolute atomic E-state index is 3.60. The Hall–Kier alpha value is -0.0400. The Morgan fingerprint density at radius 3 is 2.83 bits per heavy atom. The number of piperidine rings is 1. The van der Waals surface area contributed by atoms with Gasteiger partial charge in [0.25, 0.3) is 0 Å². The topological polar surface area (TPSA) is 12.0 Å². The second kappa shape index (κ2) is 5.58. The van der Waals surface area contributed by atoms with Gasteiger partial charge in [0.15, 0.2) is 0 Å². The van der Waals surface area contributed by atoms with Crippen LogP contribution in [0.5, 0.6) is 0 Å². The van der Waals surface area contributed by atoms with Crippen LogP contribution in [-0.2, 0) is 0 Å². The zero-order valence-corrected chi connectivity index (χ0v) is 8.60. The summed E-state index contributed by atoms with van der Waals surface area (Å²) in [6, 6.07) is 0.841. The fourth-order valence-corrected chi connectivity index (χ4v) is 1.86. The summed E-state index contributed by atoms with van der Waals surface area (Å²) in [5, 5.41) is 3.60. The van der Waals surface area contributed by atoms with E-state index in [2.05, 4.69) is 19.2 Å². The minimum absolute atomic E-state index is 0.841. The fraction of sp³-hybridized carbons (Fsp3) is 1.00. The molecule has 0 aliphatic carbocycles. The van der Waals surface area contributed by atoms with E-state index < -0.39 is 0 Å². The zero-order valence-electron chi connectivity index (χ0n) is 8.60. The molecule has 0 amide bonds. The molecule has 12 heavy (non-hydrogen) atoms. The average Bonchev–Trinajstić information content (AvgIpc) is 2.16. The van der Waals surface area contributed by atoms with Gasteiger partial charge in [-0.2, -0.15) is 0 Å². The van der Waals surface area contributed by atoms with Gasteiger partial charge in [-0.05, 0) is 38.1 Å². The van der Waals surface area contributed by atoms with Gasteiger partial charge in [-0.1, -0.05) is 26.7 Å². The largest absolute Gasteiger partial charge is 0.314 e. The predicted octanol–water partition coefficient (Wildman–Crippen LogP) is 2.95. The molecule has 0 saturated carbocycles. The van der Waals surface area contributed by atoms with E-state index in [0.717, 1.165) is 12.0 Å². The highest BCUT2D eigenvalue weighted by molar-refractivity contribution is 4.72. The van der Waals surface area contributed by atoms with Crippen molar-refractivity contribution >= 4 is 0 Å². The third-order valence-electron chi connectivity index (χ3n) is 3.12. The quantitative estimate of drug-likeness (QED) is 0.682. The molecule has 1 nitrogen and oxygen atoms in total. The Kier molecular flexibility index (Phi) is 4.67. The van der Waals surface area contributed by atoms with Crippen LogP contribution in [0.3, 0.4) is 0 Å². The first-order chi connectivity index (χ1) is 5.83. The molecule has 1 N–H and O–H groups in total. The highest BCUT2D eigenvalue weighted by atomic mass is 14.9. The van der Waals surface area contributed by atoms with Crippen molar-refractivity contribution in [2.24, 2.45) is 5.92 Å². The Labute approximate surface area is 76.9 Å². The zero-order chi connectivity index (χ0) is 8.81. The normalized spacial score (nSPS) is 27.0. The standard InChI is InChI=1S/C11H23N/c1-3-10(2)7-8-11-6-4-5-9-12-11/h10-12H,3-9H2,1-2H3. The summed E-state index contributed by atoms with van der Waals surface area (Å²) < 4.78 is 0. The van der Waals surface area contributed by atoms with E-state index >= 15 is 0 Å². The molecule has 0 bridgehead atoms. The van der Waals surface area contributed by atoms with Crippen LogP contribution in [0.2, 0.25) is 0 Å². The van der Waals surface area contributed by atoms with Crippen LogP contribution < -0.4 is 5.32 Å². The van der Waals surface area contributed by atoms with E-state index in [1.807, 2.05) is 0 Å². The molecule has 1 aliphatic heterocycles. The second-order valence-corrected chi connectivity index (χ2v) is 4.24. The van der Waals surface area contributed by atoms with E-state index in [9.17, 15) is 0 Å². The minimum Gasteiger partial charge on any atom is -0.314 e. The van der Waals surface area contributed by atoms with E-state index in [1.54, 1.807) is 0 Å². The molecular formula is C11H23N. The van der Waals surface area contributed by atoms with E-state index in [0.29, 0.717) is 0 Å². The number of hydrogen-bond donors (Lipinski definition) is 1. The first kappa shape index (κ1) is 10.0. The molecule has 0 aromatic rings. The van der Waals surface area contributed by atoms with E-state index in [1.165, 1.54) is 45.1 Å². The molecule has 0 aromatic carbocycles. The first-order valence-electron chi connectivity index (χ1n) is 5.56. The van der Waals surface area contributed by atoms with Gasteiger partial charge in [0.1, 0.15) is 0 Å². The third kappa shape index (κ3) is 3.57. The van der Waals surface area contributed by atoms with Crippen LogP contribution in [0, 0.1) is 5.92 Å². The Morgan fingerprint density at radius 1 is 1.42 bits per heavy atom. The molecule has 2 atom stereocenters. The molecule has 0 radical (unpaired) electrons. The summed E-state index contributed by atoms with van der Waals surface area (Å²) in [7, 11) is 0. The molecule has 0 spiro atoms. The van der Waals surface area contributed by atoms with Crippen molar-refractivity contribution in [1.82, 2.24) is 5.32 Å². The van der Waals surface area contributed by atoms with Gasteiger partial charge >= 0.3 is 0 Å². The van der Waals surface area contributed by atoms with Crippen LogP contribution in [0.15, 0.2) is 0 Å². The first-order valence-corrected chi connectivity index (χ1v) is 5.56. The number of hydrogen-bond acceptors (Lipinski definition) is 1. The van der Waals surface area contributed by atoms with Gasteiger partial charge in [0.05, 0.1) is 0 Å². The summed E-state index contributed by atoms with van der Waals surface area (Å²) in [6.45, 7) is 5.91. The molecular weight excluding hydrogens is 146 g/mol. The minimum atomic E-state index is 0.841. The molecule has 1 rings (SSSR count). The second-order valence-electron chi connectivity index (χ2n) is 4.24. The Morgan fingerprint density at radius 2 is 2.25 bits per heavy atom. The van der Waals surface area contributed by atoms with Crippen molar-refractivity contribution in [1.29, 1.82) is 0 Å². The van der Waals surface area contributed by atoms with Gasteiger partial charge in [-0.15, -0.1) is 0 Å². The van der Waals surface area contributed by atoms with Gasteiger partial charge < -0.3 is 5.32 Å². The molecule has 0 aromatic heterocycles. The highest BCUT2D eigenvalue weighted by Crippen LogP contribution is 2.16. The lowest BCUT2D eigenvalue weighted by Gasteiger charge is -2.24.